The highest BCUT2D eigenvalue weighted by Crippen LogP contribution is 2.17. The average Bonchev–Trinajstić information content (AvgIpc) is 2.91. The van der Waals surface area contributed by atoms with Crippen molar-refractivity contribution in [1.29, 1.82) is 0 Å². The van der Waals surface area contributed by atoms with E-state index < -0.39 is 16.5 Å². The smallest absolute Gasteiger partial charge is 0.119 e. The van der Waals surface area contributed by atoms with Crippen molar-refractivity contribution in [2.24, 2.45) is 0 Å². The third-order valence-corrected chi connectivity index (χ3v) is 8.80. The topological polar surface area (TPSA) is 6.48 Å². The van der Waals surface area contributed by atoms with Crippen LogP contribution in [0.2, 0.25) is 39.3 Å². The molecule has 2 nitrogen and oxygen atoms in total. The number of rotatable bonds is 2. The maximum absolute atomic E-state index is 2.69. The standard InChI is InChI=1S/2C7H17NSi/c2*1-9(2,3)8-6-4-5-7-8/h2*4-7H2,1-3H3. The van der Waals surface area contributed by atoms with E-state index in [4.69, 9.17) is 0 Å². The summed E-state index contributed by atoms with van der Waals surface area (Å²) in [5.74, 6) is 0. The maximum Gasteiger partial charge on any atom is 0.119 e. The zero-order valence-electron chi connectivity index (χ0n) is 13.6. The largest absolute Gasteiger partial charge is 0.324 e. The summed E-state index contributed by atoms with van der Waals surface area (Å²) in [5, 5.41) is 0. The third-order valence-electron chi connectivity index (χ3n) is 4.11. The van der Waals surface area contributed by atoms with Crippen LogP contribution in [0.25, 0.3) is 0 Å². The van der Waals surface area contributed by atoms with Crippen molar-refractivity contribution in [2.75, 3.05) is 26.2 Å². The van der Waals surface area contributed by atoms with Gasteiger partial charge in [0.1, 0.15) is 16.5 Å². The van der Waals surface area contributed by atoms with Crippen LogP contribution in [0, 0.1) is 0 Å². The van der Waals surface area contributed by atoms with E-state index in [0.717, 1.165) is 0 Å². The Kier molecular flexibility index (Phi) is 6.09. The quantitative estimate of drug-likeness (QED) is 0.712. The van der Waals surface area contributed by atoms with Gasteiger partial charge in [-0.3, -0.25) is 0 Å². The summed E-state index contributed by atoms with van der Waals surface area (Å²) in [7, 11) is -1.78. The van der Waals surface area contributed by atoms with E-state index in [0.29, 0.717) is 0 Å². The van der Waals surface area contributed by atoms with Crippen LogP contribution in [0.5, 0.6) is 0 Å². The van der Waals surface area contributed by atoms with Gasteiger partial charge in [-0.2, -0.15) is 0 Å². The fraction of sp³-hybridized carbons (Fsp3) is 1.00. The molecule has 0 amide bonds. The lowest BCUT2D eigenvalue weighted by Crippen LogP contribution is -2.43. The minimum absolute atomic E-state index is 0.891. The predicted octanol–water partition coefficient (Wildman–Crippen LogP) is 3.83. The number of hydrogen-bond donors (Lipinski definition) is 0. The summed E-state index contributed by atoms with van der Waals surface area (Å²) in [5.41, 5.74) is 0. The van der Waals surface area contributed by atoms with Crippen molar-refractivity contribution in [3.05, 3.63) is 0 Å². The van der Waals surface area contributed by atoms with Gasteiger partial charge in [0.05, 0.1) is 0 Å². The van der Waals surface area contributed by atoms with Crippen molar-refractivity contribution in [1.82, 2.24) is 9.13 Å². The van der Waals surface area contributed by atoms with E-state index in [9.17, 15) is 0 Å². The Labute approximate surface area is 117 Å². The Morgan fingerprint density at radius 3 is 0.833 bits per heavy atom. The van der Waals surface area contributed by atoms with Crippen LogP contribution in [0.15, 0.2) is 0 Å². The van der Waals surface area contributed by atoms with Crippen molar-refractivity contribution in [3.8, 4) is 0 Å². The van der Waals surface area contributed by atoms with Gasteiger partial charge in [0.25, 0.3) is 0 Å². The Bertz CT molecular complexity index is 205. The summed E-state index contributed by atoms with van der Waals surface area (Å²) in [6.45, 7) is 20.1. The van der Waals surface area contributed by atoms with Crippen LogP contribution in [-0.2, 0) is 0 Å². The van der Waals surface area contributed by atoms with Gasteiger partial charge in [-0.15, -0.1) is 0 Å². The van der Waals surface area contributed by atoms with E-state index >= 15 is 0 Å². The van der Waals surface area contributed by atoms with Crippen LogP contribution < -0.4 is 0 Å². The molecule has 0 N–H and O–H groups in total. The monoisotopic (exact) mass is 286 g/mol. The second kappa shape index (κ2) is 6.68. The highest BCUT2D eigenvalue weighted by atomic mass is 28.3. The summed E-state index contributed by atoms with van der Waals surface area (Å²) in [6.07, 6.45) is 5.74. The van der Waals surface area contributed by atoms with Crippen LogP contribution in [0.1, 0.15) is 25.7 Å². The summed E-state index contributed by atoms with van der Waals surface area (Å²) < 4.78 is 5.38. The van der Waals surface area contributed by atoms with E-state index in [1.807, 2.05) is 0 Å². The molecule has 0 aliphatic carbocycles. The first kappa shape index (κ1) is 16.4. The molecule has 0 radical (unpaired) electrons. The first-order chi connectivity index (χ1) is 8.21. The molecule has 0 saturated carbocycles. The fourth-order valence-corrected chi connectivity index (χ4v) is 6.09. The molecule has 0 aromatic rings. The van der Waals surface area contributed by atoms with E-state index in [1.165, 1.54) is 51.9 Å². The molecule has 2 rings (SSSR count). The van der Waals surface area contributed by atoms with E-state index in [-0.39, 0.29) is 0 Å². The van der Waals surface area contributed by atoms with Gasteiger partial charge >= 0.3 is 0 Å². The molecular formula is C14H34N2Si2. The molecule has 2 fully saturated rings. The molecule has 0 aromatic carbocycles. The first-order valence-electron chi connectivity index (χ1n) is 7.71. The van der Waals surface area contributed by atoms with Crippen LogP contribution in [0.3, 0.4) is 0 Å². The minimum atomic E-state index is -0.891. The Hall–Kier alpha value is 0.354. The molecule has 18 heavy (non-hydrogen) atoms. The third kappa shape index (κ3) is 5.55. The predicted molar refractivity (Wildman–Crippen MR) is 88.3 cm³/mol. The summed E-state index contributed by atoms with van der Waals surface area (Å²) in [4.78, 5) is 0. The molecule has 2 heterocycles. The zero-order chi connectivity index (χ0) is 13.8. The van der Waals surface area contributed by atoms with Crippen molar-refractivity contribution >= 4 is 16.5 Å². The molecule has 108 valence electrons. The van der Waals surface area contributed by atoms with Gasteiger partial charge in [-0.1, -0.05) is 39.3 Å². The average molecular weight is 287 g/mol. The molecule has 0 aromatic heterocycles. The number of hydrogen-bond acceptors (Lipinski definition) is 2. The molecule has 0 atom stereocenters. The van der Waals surface area contributed by atoms with Gasteiger partial charge in [-0.05, 0) is 51.9 Å². The normalized spacial score (nSPS) is 23.0. The number of nitrogens with zero attached hydrogens (tertiary/aromatic N) is 2. The molecule has 4 heteroatoms. The van der Waals surface area contributed by atoms with Gasteiger partial charge in [-0.25, -0.2) is 0 Å². The van der Waals surface area contributed by atoms with Gasteiger partial charge in [0.15, 0.2) is 0 Å². The second-order valence-electron chi connectivity index (χ2n) is 7.73. The lowest BCUT2D eigenvalue weighted by atomic mass is 10.4. The van der Waals surface area contributed by atoms with E-state index in [2.05, 4.69) is 48.4 Å². The molecule has 0 bridgehead atoms. The lowest BCUT2D eigenvalue weighted by Gasteiger charge is -2.28. The summed E-state index contributed by atoms with van der Waals surface area (Å²) in [6, 6.07) is 0. The van der Waals surface area contributed by atoms with Crippen molar-refractivity contribution < 1.29 is 0 Å². The molecule has 2 saturated heterocycles. The molecule has 2 aliphatic rings. The molecule has 0 spiro atoms. The van der Waals surface area contributed by atoms with Crippen molar-refractivity contribution in [2.45, 2.75) is 65.0 Å². The molecular weight excluding hydrogens is 252 g/mol. The van der Waals surface area contributed by atoms with Crippen LogP contribution in [-0.4, -0.2) is 51.8 Å². The fourth-order valence-electron chi connectivity index (χ4n) is 2.78. The van der Waals surface area contributed by atoms with Crippen LogP contribution in [0.4, 0.5) is 0 Å². The van der Waals surface area contributed by atoms with Gasteiger partial charge < -0.3 is 9.13 Å². The highest BCUT2D eigenvalue weighted by Gasteiger charge is 2.26. The van der Waals surface area contributed by atoms with Crippen molar-refractivity contribution in [3.63, 3.8) is 0 Å². The Morgan fingerprint density at radius 2 is 0.722 bits per heavy atom. The minimum Gasteiger partial charge on any atom is -0.324 e. The second-order valence-corrected chi connectivity index (χ2v) is 17.7. The SMILES string of the molecule is C[Si](C)(C)N1CCCC1.C[Si](C)(C)N1CCCC1. The molecule has 0 unspecified atom stereocenters. The summed E-state index contributed by atoms with van der Waals surface area (Å²) >= 11 is 0. The van der Waals surface area contributed by atoms with Gasteiger partial charge in [0, 0.05) is 0 Å². The lowest BCUT2D eigenvalue weighted by molar-refractivity contribution is 0.524. The zero-order valence-corrected chi connectivity index (χ0v) is 15.6. The van der Waals surface area contributed by atoms with Gasteiger partial charge in [0.2, 0.25) is 0 Å². The van der Waals surface area contributed by atoms with Crippen LogP contribution >= 0.6 is 0 Å². The first-order valence-corrected chi connectivity index (χ1v) is 14.6. The maximum atomic E-state index is 2.69. The highest BCUT2D eigenvalue weighted by molar-refractivity contribution is 6.73. The Morgan fingerprint density at radius 1 is 0.500 bits per heavy atom. The Balaban J connectivity index is 0.000000180. The van der Waals surface area contributed by atoms with E-state index in [1.54, 1.807) is 0 Å². The molecule has 2 aliphatic heterocycles.